The largest absolute Gasteiger partial charge is 0.323 e. The molecule has 0 aliphatic heterocycles. The predicted molar refractivity (Wildman–Crippen MR) is 92.0 cm³/mol. The van der Waals surface area contributed by atoms with E-state index in [0.29, 0.717) is 17.4 Å². The van der Waals surface area contributed by atoms with Crippen LogP contribution in [0.25, 0.3) is 5.82 Å². The highest BCUT2D eigenvalue weighted by atomic mass is 16.2. The number of imidazole rings is 1. The number of nitrogens with one attached hydrogen (secondary N) is 1. The third kappa shape index (κ3) is 2.69. The summed E-state index contributed by atoms with van der Waals surface area (Å²) in [5.41, 5.74) is 1.94. The number of benzene rings is 1. The van der Waals surface area contributed by atoms with Gasteiger partial charge in [-0.3, -0.25) is 9.36 Å². The Morgan fingerprint density at radius 3 is 2.71 bits per heavy atom. The maximum Gasteiger partial charge on any atom is 0.228 e. The number of hydrogen-bond acceptors (Lipinski definition) is 3. The van der Waals surface area contributed by atoms with Crippen molar-refractivity contribution in [2.45, 2.75) is 19.3 Å². The maximum absolute atomic E-state index is 12.6. The Balaban J connectivity index is 1.53. The van der Waals surface area contributed by atoms with Gasteiger partial charge >= 0.3 is 0 Å². The van der Waals surface area contributed by atoms with Crippen molar-refractivity contribution in [3.05, 3.63) is 72.4 Å². The lowest BCUT2D eigenvalue weighted by atomic mass is 10.1. The Kier molecular flexibility index (Phi) is 3.61. The van der Waals surface area contributed by atoms with Gasteiger partial charge in [0, 0.05) is 24.5 Å². The zero-order chi connectivity index (χ0) is 16.5. The van der Waals surface area contributed by atoms with Crippen LogP contribution in [0.4, 0.5) is 5.69 Å². The van der Waals surface area contributed by atoms with Gasteiger partial charge in [-0.25, -0.2) is 9.97 Å². The number of hydrogen-bond donors (Lipinski definition) is 1. The molecule has 0 saturated heterocycles. The molecule has 1 aromatic carbocycles. The Bertz CT molecular complexity index is 872. The van der Waals surface area contributed by atoms with Crippen LogP contribution in [0.5, 0.6) is 0 Å². The molecule has 24 heavy (non-hydrogen) atoms. The van der Waals surface area contributed by atoms with Gasteiger partial charge in [0.15, 0.2) is 5.82 Å². The smallest absolute Gasteiger partial charge is 0.228 e. The standard InChI is InChI=1S/C19H18N4O/c1-13-20-10-11-23(13)18-17(8-5-9-21-18)22-19(24)16-12-15(16)14-6-3-2-4-7-14/h2-11,15-16H,12H2,1H3,(H,22,24). The summed E-state index contributed by atoms with van der Waals surface area (Å²) in [6, 6.07) is 13.9. The summed E-state index contributed by atoms with van der Waals surface area (Å²) in [7, 11) is 0. The van der Waals surface area contributed by atoms with Gasteiger partial charge in [-0.05, 0) is 37.0 Å². The summed E-state index contributed by atoms with van der Waals surface area (Å²) in [5.74, 6) is 1.93. The second kappa shape index (κ2) is 5.92. The van der Waals surface area contributed by atoms with Crippen LogP contribution in [0.1, 0.15) is 23.7 Å². The maximum atomic E-state index is 12.6. The number of pyridine rings is 1. The zero-order valence-corrected chi connectivity index (χ0v) is 13.4. The van der Waals surface area contributed by atoms with Gasteiger partial charge in [-0.1, -0.05) is 30.3 Å². The molecule has 2 unspecified atom stereocenters. The van der Waals surface area contributed by atoms with Crippen molar-refractivity contribution in [2.24, 2.45) is 5.92 Å². The van der Waals surface area contributed by atoms with E-state index in [1.54, 1.807) is 12.4 Å². The van der Waals surface area contributed by atoms with Crippen molar-refractivity contribution < 1.29 is 4.79 Å². The minimum atomic E-state index is 0.0318. The summed E-state index contributed by atoms with van der Waals surface area (Å²) < 4.78 is 1.87. The molecule has 1 aliphatic rings. The van der Waals surface area contributed by atoms with E-state index >= 15 is 0 Å². The van der Waals surface area contributed by atoms with E-state index < -0.39 is 0 Å². The summed E-state index contributed by atoms with van der Waals surface area (Å²) in [6.07, 6.45) is 6.18. The molecule has 2 atom stereocenters. The van der Waals surface area contributed by atoms with Crippen LogP contribution >= 0.6 is 0 Å². The average Bonchev–Trinajstić information content (AvgIpc) is 3.31. The van der Waals surface area contributed by atoms with Gasteiger partial charge in [0.1, 0.15) is 5.82 Å². The number of amides is 1. The normalized spacial score (nSPS) is 19.0. The number of carbonyl (C=O) groups is 1. The summed E-state index contributed by atoms with van der Waals surface area (Å²) in [5, 5.41) is 3.04. The first kappa shape index (κ1) is 14.6. The van der Waals surface area contributed by atoms with Crippen molar-refractivity contribution >= 4 is 11.6 Å². The second-order valence-electron chi connectivity index (χ2n) is 6.07. The monoisotopic (exact) mass is 318 g/mol. The van der Waals surface area contributed by atoms with E-state index in [4.69, 9.17) is 0 Å². The van der Waals surface area contributed by atoms with Gasteiger partial charge in [0.25, 0.3) is 0 Å². The molecular weight excluding hydrogens is 300 g/mol. The van der Waals surface area contributed by atoms with Gasteiger partial charge in [0.05, 0.1) is 5.69 Å². The van der Waals surface area contributed by atoms with Crippen LogP contribution in [-0.4, -0.2) is 20.4 Å². The molecular formula is C19H18N4O. The number of aromatic nitrogens is 3. The van der Waals surface area contributed by atoms with Crippen molar-refractivity contribution in [3.63, 3.8) is 0 Å². The van der Waals surface area contributed by atoms with Crippen molar-refractivity contribution in [1.82, 2.24) is 14.5 Å². The van der Waals surface area contributed by atoms with Crippen LogP contribution in [0.15, 0.2) is 61.1 Å². The number of carbonyl (C=O) groups excluding carboxylic acids is 1. The third-order valence-electron chi connectivity index (χ3n) is 4.45. The SMILES string of the molecule is Cc1nccn1-c1ncccc1NC(=O)C1CC1c1ccccc1. The first-order chi connectivity index (χ1) is 11.7. The Morgan fingerprint density at radius 2 is 1.96 bits per heavy atom. The van der Waals surface area contributed by atoms with Gasteiger partial charge in [0.2, 0.25) is 5.91 Å². The molecule has 5 nitrogen and oxygen atoms in total. The molecule has 120 valence electrons. The van der Waals surface area contributed by atoms with E-state index in [0.717, 1.165) is 12.2 Å². The molecule has 1 N–H and O–H groups in total. The van der Waals surface area contributed by atoms with E-state index in [2.05, 4.69) is 27.4 Å². The van der Waals surface area contributed by atoms with Crippen molar-refractivity contribution in [3.8, 4) is 5.82 Å². The number of aryl methyl sites for hydroxylation is 1. The number of anilines is 1. The molecule has 1 fully saturated rings. The second-order valence-corrected chi connectivity index (χ2v) is 6.07. The van der Waals surface area contributed by atoms with E-state index in [-0.39, 0.29) is 11.8 Å². The highest BCUT2D eigenvalue weighted by Crippen LogP contribution is 2.48. The summed E-state index contributed by atoms with van der Waals surface area (Å²) in [4.78, 5) is 21.2. The molecule has 5 heteroatoms. The van der Waals surface area contributed by atoms with Crippen molar-refractivity contribution in [1.29, 1.82) is 0 Å². The van der Waals surface area contributed by atoms with Crippen LogP contribution in [0, 0.1) is 12.8 Å². The topological polar surface area (TPSA) is 59.8 Å². The molecule has 4 rings (SSSR count). The van der Waals surface area contributed by atoms with Gasteiger partial charge < -0.3 is 5.32 Å². The van der Waals surface area contributed by atoms with E-state index in [1.807, 2.05) is 48.0 Å². The molecule has 2 aromatic heterocycles. The first-order valence-corrected chi connectivity index (χ1v) is 8.05. The number of nitrogens with zero attached hydrogens (tertiary/aromatic N) is 3. The third-order valence-corrected chi connectivity index (χ3v) is 4.45. The Labute approximate surface area is 140 Å². The molecule has 1 amide bonds. The Morgan fingerprint density at radius 1 is 1.12 bits per heavy atom. The lowest BCUT2D eigenvalue weighted by Gasteiger charge is -2.11. The van der Waals surface area contributed by atoms with Crippen molar-refractivity contribution in [2.75, 3.05) is 5.32 Å². The molecule has 1 aliphatic carbocycles. The minimum absolute atomic E-state index is 0.0318. The van der Waals surface area contributed by atoms with Crippen LogP contribution in [0.3, 0.4) is 0 Å². The zero-order valence-electron chi connectivity index (χ0n) is 13.4. The Hall–Kier alpha value is -2.95. The van der Waals surface area contributed by atoms with E-state index in [1.165, 1.54) is 5.56 Å². The average molecular weight is 318 g/mol. The predicted octanol–water partition coefficient (Wildman–Crippen LogP) is 3.32. The van der Waals surface area contributed by atoms with Crippen LogP contribution < -0.4 is 5.32 Å². The van der Waals surface area contributed by atoms with Crippen LogP contribution in [-0.2, 0) is 4.79 Å². The lowest BCUT2D eigenvalue weighted by molar-refractivity contribution is -0.117. The first-order valence-electron chi connectivity index (χ1n) is 8.05. The fourth-order valence-electron chi connectivity index (χ4n) is 3.07. The highest BCUT2D eigenvalue weighted by molar-refractivity contribution is 5.96. The molecule has 3 aromatic rings. The fourth-order valence-corrected chi connectivity index (χ4v) is 3.07. The van der Waals surface area contributed by atoms with Gasteiger partial charge in [-0.15, -0.1) is 0 Å². The molecule has 0 bridgehead atoms. The number of rotatable bonds is 4. The fraction of sp³-hybridized carbons (Fsp3) is 0.211. The molecule has 1 saturated carbocycles. The van der Waals surface area contributed by atoms with E-state index in [9.17, 15) is 4.79 Å². The van der Waals surface area contributed by atoms with Gasteiger partial charge in [-0.2, -0.15) is 0 Å². The highest BCUT2D eigenvalue weighted by Gasteiger charge is 2.44. The lowest BCUT2D eigenvalue weighted by Crippen LogP contribution is -2.17. The summed E-state index contributed by atoms with van der Waals surface area (Å²) in [6.45, 7) is 1.91. The summed E-state index contributed by atoms with van der Waals surface area (Å²) >= 11 is 0. The minimum Gasteiger partial charge on any atom is -0.323 e. The quantitative estimate of drug-likeness (QED) is 0.803. The molecule has 0 radical (unpaired) electrons. The van der Waals surface area contributed by atoms with Crippen LogP contribution in [0.2, 0.25) is 0 Å². The molecule has 0 spiro atoms. The molecule has 2 heterocycles.